The van der Waals surface area contributed by atoms with E-state index in [0.717, 1.165) is 11.4 Å². The van der Waals surface area contributed by atoms with Gasteiger partial charge in [-0.05, 0) is 48.2 Å². The summed E-state index contributed by atoms with van der Waals surface area (Å²) in [6, 6.07) is 13.5. The topological polar surface area (TPSA) is 45.8 Å². The highest BCUT2D eigenvalue weighted by molar-refractivity contribution is 8.18. The number of benzene rings is 1. The molecule has 0 bridgehead atoms. The van der Waals surface area contributed by atoms with Crippen molar-refractivity contribution in [3.63, 3.8) is 0 Å². The van der Waals surface area contributed by atoms with Crippen LogP contribution in [-0.2, 0) is 4.79 Å². The van der Waals surface area contributed by atoms with Crippen molar-refractivity contribution in [2.75, 3.05) is 11.9 Å². The molecule has 1 aromatic carbocycles. The van der Waals surface area contributed by atoms with Crippen LogP contribution < -0.4 is 4.90 Å². The number of allylic oxidation sites excluding steroid dienone is 2. The molecule has 1 amide bonds. The van der Waals surface area contributed by atoms with E-state index >= 15 is 0 Å². The smallest absolute Gasteiger partial charge is 0.286 e. The molecule has 1 aromatic heterocycles. The maximum absolute atomic E-state index is 12.0. The van der Waals surface area contributed by atoms with E-state index in [1.807, 2.05) is 54.4 Å². The molecule has 1 aliphatic heterocycles. The van der Waals surface area contributed by atoms with Crippen molar-refractivity contribution in [1.82, 2.24) is 0 Å². The van der Waals surface area contributed by atoms with Crippen LogP contribution in [0.4, 0.5) is 5.69 Å². The number of hydrogen-bond donors (Lipinski definition) is 0. The van der Waals surface area contributed by atoms with E-state index in [0.29, 0.717) is 10.1 Å². The largest absolute Gasteiger partial charge is 0.465 e. The zero-order valence-corrected chi connectivity index (χ0v) is 12.8. The van der Waals surface area contributed by atoms with Gasteiger partial charge < -0.3 is 9.32 Å². The molecule has 0 fully saturated rings. The number of para-hydroxylation sites is 1. The monoisotopic (exact) mass is 310 g/mol. The number of hydrogen-bond acceptors (Lipinski definition) is 4. The Labute approximate surface area is 132 Å². The van der Waals surface area contributed by atoms with Crippen molar-refractivity contribution in [3.05, 3.63) is 71.5 Å². The Hall–Kier alpha value is -2.53. The molecular formula is C17H14N2O2S. The number of carbonyl (C=O) groups excluding carboxylic acids is 1. The SMILES string of the molecule is CN(C1=NC(=O)/C(=C\C=C\c2ccco2)S1)c1ccccc1. The van der Waals surface area contributed by atoms with E-state index in [1.165, 1.54) is 11.8 Å². The van der Waals surface area contributed by atoms with Crippen molar-refractivity contribution in [2.45, 2.75) is 0 Å². The number of nitrogens with zero attached hydrogens (tertiary/aromatic N) is 2. The highest BCUT2D eigenvalue weighted by Gasteiger charge is 2.24. The molecule has 1 aliphatic rings. The molecule has 2 heterocycles. The molecule has 22 heavy (non-hydrogen) atoms. The van der Waals surface area contributed by atoms with Gasteiger partial charge in [-0.25, -0.2) is 0 Å². The molecule has 3 rings (SSSR count). The third-order valence-electron chi connectivity index (χ3n) is 3.09. The van der Waals surface area contributed by atoms with Crippen LogP contribution in [0, 0.1) is 0 Å². The van der Waals surface area contributed by atoms with E-state index < -0.39 is 0 Å². The van der Waals surface area contributed by atoms with Crippen molar-refractivity contribution in [2.24, 2.45) is 4.99 Å². The minimum absolute atomic E-state index is 0.216. The third-order valence-corrected chi connectivity index (χ3v) is 4.17. The number of rotatable bonds is 3. The summed E-state index contributed by atoms with van der Waals surface area (Å²) in [4.78, 5) is 18.6. The van der Waals surface area contributed by atoms with Crippen molar-refractivity contribution >= 4 is 34.6 Å². The van der Waals surface area contributed by atoms with Crippen LogP contribution in [0.5, 0.6) is 0 Å². The second-order valence-corrected chi connectivity index (χ2v) is 5.61. The predicted octanol–water partition coefficient (Wildman–Crippen LogP) is 3.94. The molecule has 0 atom stereocenters. The molecular weight excluding hydrogens is 296 g/mol. The summed E-state index contributed by atoms with van der Waals surface area (Å²) < 4.78 is 5.20. The summed E-state index contributed by atoms with van der Waals surface area (Å²) in [6.45, 7) is 0. The Morgan fingerprint density at radius 3 is 2.73 bits per heavy atom. The number of thioether (sulfide) groups is 1. The molecule has 0 saturated heterocycles. The number of aliphatic imine (C=N–C) groups is 1. The molecule has 0 radical (unpaired) electrons. The fourth-order valence-corrected chi connectivity index (χ4v) is 2.78. The highest BCUT2D eigenvalue weighted by atomic mass is 32.2. The highest BCUT2D eigenvalue weighted by Crippen LogP contribution is 2.30. The van der Waals surface area contributed by atoms with Crippen LogP contribution in [0.15, 0.2) is 75.2 Å². The third kappa shape index (κ3) is 3.20. The van der Waals surface area contributed by atoms with Crippen LogP contribution in [0.1, 0.15) is 5.76 Å². The second-order valence-electron chi connectivity index (χ2n) is 4.60. The molecule has 110 valence electrons. The zero-order valence-electron chi connectivity index (χ0n) is 12.0. The summed E-state index contributed by atoms with van der Waals surface area (Å²) in [6.07, 6.45) is 6.96. The van der Waals surface area contributed by atoms with E-state index in [9.17, 15) is 4.79 Å². The predicted molar refractivity (Wildman–Crippen MR) is 90.7 cm³/mol. The van der Waals surface area contributed by atoms with Gasteiger partial charge in [0.05, 0.1) is 11.2 Å². The number of amidine groups is 1. The summed E-state index contributed by atoms with van der Waals surface area (Å²) in [5.74, 6) is 0.529. The molecule has 5 heteroatoms. The fraction of sp³-hybridized carbons (Fsp3) is 0.0588. The molecule has 0 spiro atoms. The van der Waals surface area contributed by atoms with Crippen molar-refractivity contribution in [1.29, 1.82) is 0 Å². The van der Waals surface area contributed by atoms with Gasteiger partial charge in [0.1, 0.15) is 5.76 Å². The summed E-state index contributed by atoms with van der Waals surface area (Å²) in [7, 11) is 1.90. The van der Waals surface area contributed by atoms with Gasteiger partial charge in [0.15, 0.2) is 5.17 Å². The fourth-order valence-electron chi connectivity index (χ4n) is 1.93. The van der Waals surface area contributed by atoms with Crippen LogP contribution in [0.25, 0.3) is 6.08 Å². The van der Waals surface area contributed by atoms with E-state index in [-0.39, 0.29) is 5.91 Å². The van der Waals surface area contributed by atoms with E-state index in [2.05, 4.69) is 4.99 Å². The van der Waals surface area contributed by atoms with Gasteiger partial charge in [-0.3, -0.25) is 4.79 Å². The first kappa shape index (κ1) is 14.4. The maximum atomic E-state index is 12.0. The lowest BCUT2D eigenvalue weighted by molar-refractivity contribution is -0.113. The van der Waals surface area contributed by atoms with E-state index in [1.54, 1.807) is 24.5 Å². The Balaban J connectivity index is 1.71. The van der Waals surface area contributed by atoms with E-state index in [4.69, 9.17) is 4.42 Å². The number of furan rings is 1. The average Bonchev–Trinajstić information content (AvgIpc) is 3.18. The Bertz CT molecular complexity index is 746. The second kappa shape index (κ2) is 6.49. The summed E-state index contributed by atoms with van der Waals surface area (Å²) in [5, 5.41) is 0.675. The van der Waals surface area contributed by atoms with Gasteiger partial charge in [0.25, 0.3) is 5.91 Å². The van der Waals surface area contributed by atoms with Gasteiger partial charge in [-0.1, -0.05) is 24.3 Å². The van der Waals surface area contributed by atoms with Crippen molar-refractivity contribution < 1.29 is 9.21 Å². The maximum Gasteiger partial charge on any atom is 0.286 e. The van der Waals surface area contributed by atoms with Crippen molar-refractivity contribution in [3.8, 4) is 0 Å². The van der Waals surface area contributed by atoms with Gasteiger partial charge in [-0.15, -0.1) is 0 Å². The molecule has 0 unspecified atom stereocenters. The summed E-state index contributed by atoms with van der Waals surface area (Å²) >= 11 is 1.36. The van der Waals surface area contributed by atoms with Gasteiger partial charge in [0.2, 0.25) is 0 Å². The van der Waals surface area contributed by atoms with Crippen LogP contribution in [0.2, 0.25) is 0 Å². The number of anilines is 1. The standard InChI is InChI=1S/C17H14N2O2S/c1-19(13-7-3-2-4-8-13)17-18-16(20)15(22-17)11-5-9-14-10-6-12-21-14/h2-12H,1H3/b9-5+,15-11+. The average molecular weight is 310 g/mol. The number of carbonyl (C=O) groups is 1. The molecule has 0 saturated carbocycles. The lowest BCUT2D eigenvalue weighted by Gasteiger charge is -2.17. The molecule has 2 aromatic rings. The Morgan fingerprint density at radius 2 is 2.00 bits per heavy atom. The Kier molecular flexibility index (Phi) is 4.25. The molecule has 0 aliphatic carbocycles. The van der Waals surface area contributed by atoms with Gasteiger partial charge in [0, 0.05) is 12.7 Å². The summed E-state index contributed by atoms with van der Waals surface area (Å²) in [5.41, 5.74) is 0.994. The van der Waals surface area contributed by atoms with Crippen LogP contribution in [-0.4, -0.2) is 18.1 Å². The Morgan fingerprint density at radius 1 is 1.18 bits per heavy atom. The molecule has 4 nitrogen and oxygen atoms in total. The first-order valence-corrected chi connectivity index (χ1v) is 7.57. The minimum atomic E-state index is -0.216. The first-order chi connectivity index (χ1) is 10.7. The lowest BCUT2D eigenvalue weighted by Crippen LogP contribution is -2.21. The normalized spacial score (nSPS) is 16.5. The quantitative estimate of drug-likeness (QED) is 0.806. The first-order valence-electron chi connectivity index (χ1n) is 6.75. The van der Waals surface area contributed by atoms with Crippen LogP contribution in [0.3, 0.4) is 0 Å². The number of amides is 1. The van der Waals surface area contributed by atoms with Gasteiger partial charge >= 0.3 is 0 Å². The zero-order chi connectivity index (χ0) is 15.4. The minimum Gasteiger partial charge on any atom is -0.465 e. The van der Waals surface area contributed by atoms with Gasteiger partial charge in [-0.2, -0.15) is 4.99 Å². The van der Waals surface area contributed by atoms with Crippen LogP contribution >= 0.6 is 11.8 Å². The lowest BCUT2D eigenvalue weighted by atomic mass is 10.3. The molecule has 0 N–H and O–H groups in total.